The van der Waals surface area contributed by atoms with Gasteiger partial charge >= 0.3 is 0 Å². The first kappa shape index (κ1) is 15.4. The van der Waals surface area contributed by atoms with Crippen molar-refractivity contribution in [2.75, 3.05) is 18.8 Å². The van der Waals surface area contributed by atoms with E-state index in [0.717, 1.165) is 23.6 Å². The van der Waals surface area contributed by atoms with Gasteiger partial charge in [0.1, 0.15) is 0 Å². The highest BCUT2D eigenvalue weighted by molar-refractivity contribution is 7.92. The minimum atomic E-state index is -2.94. The Kier molecular flexibility index (Phi) is 3.94. The number of aryl methyl sites for hydroxylation is 2. The Morgan fingerprint density at radius 2 is 2.09 bits per heavy atom. The molecule has 3 heterocycles. The summed E-state index contributed by atoms with van der Waals surface area (Å²) in [5.41, 5.74) is 3.12. The monoisotopic (exact) mass is 322 g/mol. The first-order valence-electron chi connectivity index (χ1n) is 7.61. The lowest BCUT2D eigenvalue weighted by molar-refractivity contribution is 0.279. The van der Waals surface area contributed by atoms with Crippen molar-refractivity contribution in [3.8, 4) is 0 Å². The van der Waals surface area contributed by atoms with Gasteiger partial charge in [0.25, 0.3) is 0 Å². The van der Waals surface area contributed by atoms with Crippen LogP contribution >= 0.6 is 0 Å². The molecule has 0 unspecified atom stereocenters. The zero-order valence-corrected chi connectivity index (χ0v) is 14.1. The molecule has 7 heteroatoms. The fourth-order valence-electron chi connectivity index (χ4n) is 3.01. The van der Waals surface area contributed by atoms with E-state index in [4.69, 9.17) is 0 Å². The summed E-state index contributed by atoms with van der Waals surface area (Å²) in [4.78, 5) is 11.0. The molecule has 0 bridgehead atoms. The van der Waals surface area contributed by atoms with E-state index in [-0.39, 0.29) is 11.0 Å². The molecule has 6 nitrogen and oxygen atoms in total. The summed E-state index contributed by atoms with van der Waals surface area (Å²) in [6.45, 7) is 7.90. The van der Waals surface area contributed by atoms with Crippen molar-refractivity contribution in [1.29, 1.82) is 0 Å². The van der Waals surface area contributed by atoms with Crippen LogP contribution in [0.25, 0.3) is 5.78 Å². The molecule has 0 saturated carbocycles. The number of imidazole rings is 1. The van der Waals surface area contributed by atoms with E-state index >= 15 is 0 Å². The predicted octanol–water partition coefficient (Wildman–Crippen LogP) is 1.36. The molecule has 22 heavy (non-hydrogen) atoms. The Morgan fingerprint density at radius 3 is 2.86 bits per heavy atom. The first-order valence-corrected chi connectivity index (χ1v) is 9.33. The fraction of sp³-hybridized carbons (Fsp3) is 0.600. The third-order valence-corrected chi connectivity index (χ3v) is 6.62. The van der Waals surface area contributed by atoms with Gasteiger partial charge in [-0.05, 0) is 39.8 Å². The van der Waals surface area contributed by atoms with Crippen molar-refractivity contribution >= 4 is 15.6 Å². The van der Waals surface area contributed by atoms with Gasteiger partial charge in [0.15, 0.2) is 9.84 Å². The largest absolute Gasteiger partial charge is 0.296 e. The second-order valence-electron chi connectivity index (χ2n) is 6.17. The third kappa shape index (κ3) is 2.87. The lowest BCUT2D eigenvalue weighted by Gasteiger charge is -2.19. The molecule has 1 atom stereocenters. The maximum Gasteiger partial charge on any atom is 0.234 e. The number of fused-ring (bicyclic) bond motifs is 1. The molecule has 1 aliphatic heterocycles. The highest BCUT2D eigenvalue weighted by Crippen LogP contribution is 2.17. The molecular weight excluding hydrogens is 300 g/mol. The predicted molar refractivity (Wildman–Crippen MR) is 85.6 cm³/mol. The first-order chi connectivity index (χ1) is 10.4. The topological polar surface area (TPSA) is 67.6 Å². The molecule has 0 spiro atoms. The van der Waals surface area contributed by atoms with Crippen LogP contribution in [-0.4, -0.2) is 51.8 Å². The van der Waals surface area contributed by atoms with E-state index in [2.05, 4.69) is 19.3 Å². The van der Waals surface area contributed by atoms with Crippen molar-refractivity contribution in [3.63, 3.8) is 0 Å². The quantitative estimate of drug-likeness (QED) is 0.835. The second-order valence-corrected chi connectivity index (χ2v) is 8.70. The number of hydrogen-bond donors (Lipinski definition) is 0. The van der Waals surface area contributed by atoms with E-state index < -0.39 is 9.84 Å². The SMILES string of the molecule is Cc1cc(C)n2c(CN3CC[C@@H](C)S(=O)(=O)CC3)cnc2n1. The molecule has 3 rings (SSSR count). The standard InChI is InChI=1S/C15H22N4O2S/c1-11-8-12(2)19-14(9-16-15(19)17-11)10-18-5-4-13(3)22(20,21)7-6-18/h8-9,13H,4-7,10H2,1-3H3/t13-/m1/s1. The molecule has 0 aromatic carbocycles. The molecule has 1 aliphatic rings. The Labute approximate surface area is 131 Å². The number of aromatic nitrogens is 3. The molecule has 120 valence electrons. The number of hydrogen-bond acceptors (Lipinski definition) is 5. The van der Waals surface area contributed by atoms with Crippen molar-refractivity contribution in [3.05, 3.63) is 29.3 Å². The molecule has 0 radical (unpaired) electrons. The molecule has 1 fully saturated rings. The molecule has 2 aromatic heterocycles. The number of nitrogens with zero attached hydrogens (tertiary/aromatic N) is 4. The Bertz CT molecular complexity index is 797. The molecule has 0 amide bonds. The van der Waals surface area contributed by atoms with Gasteiger partial charge in [-0.1, -0.05) is 0 Å². The maximum absolute atomic E-state index is 12.0. The van der Waals surface area contributed by atoms with Gasteiger partial charge in [-0.25, -0.2) is 18.4 Å². The number of rotatable bonds is 2. The van der Waals surface area contributed by atoms with Crippen LogP contribution in [0.15, 0.2) is 12.3 Å². The van der Waals surface area contributed by atoms with Crippen LogP contribution in [0.4, 0.5) is 0 Å². The molecule has 0 N–H and O–H groups in total. The van der Waals surface area contributed by atoms with Crippen LogP contribution in [-0.2, 0) is 16.4 Å². The van der Waals surface area contributed by atoms with E-state index in [1.807, 2.05) is 33.0 Å². The van der Waals surface area contributed by atoms with E-state index in [0.29, 0.717) is 25.3 Å². The van der Waals surface area contributed by atoms with Crippen molar-refractivity contribution in [2.24, 2.45) is 0 Å². The van der Waals surface area contributed by atoms with E-state index in [9.17, 15) is 8.42 Å². The van der Waals surface area contributed by atoms with E-state index in [1.54, 1.807) is 0 Å². The van der Waals surface area contributed by atoms with Crippen LogP contribution in [0, 0.1) is 13.8 Å². The normalized spacial score (nSPS) is 22.8. The van der Waals surface area contributed by atoms with Gasteiger partial charge < -0.3 is 0 Å². The van der Waals surface area contributed by atoms with Crippen LogP contribution < -0.4 is 0 Å². The highest BCUT2D eigenvalue weighted by Gasteiger charge is 2.26. The van der Waals surface area contributed by atoms with Gasteiger partial charge in [-0.2, -0.15) is 0 Å². The summed E-state index contributed by atoms with van der Waals surface area (Å²) >= 11 is 0. The molecule has 0 aliphatic carbocycles. The van der Waals surface area contributed by atoms with Crippen LogP contribution in [0.3, 0.4) is 0 Å². The minimum Gasteiger partial charge on any atom is -0.296 e. The Morgan fingerprint density at radius 1 is 1.32 bits per heavy atom. The summed E-state index contributed by atoms with van der Waals surface area (Å²) < 4.78 is 26.1. The Balaban J connectivity index is 1.85. The average molecular weight is 322 g/mol. The molecular formula is C15H22N4O2S. The van der Waals surface area contributed by atoms with Crippen LogP contribution in [0.5, 0.6) is 0 Å². The highest BCUT2D eigenvalue weighted by atomic mass is 32.2. The van der Waals surface area contributed by atoms with Gasteiger partial charge in [0, 0.05) is 24.5 Å². The Hall–Kier alpha value is -1.47. The lowest BCUT2D eigenvalue weighted by Crippen LogP contribution is -2.27. The smallest absolute Gasteiger partial charge is 0.234 e. The zero-order valence-electron chi connectivity index (χ0n) is 13.3. The third-order valence-electron chi connectivity index (χ3n) is 4.41. The van der Waals surface area contributed by atoms with Crippen molar-refractivity contribution < 1.29 is 8.42 Å². The molecule has 2 aromatic rings. The fourth-order valence-corrected chi connectivity index (χ4v) is 4.39. The second kappa shape index (κ2) is 5.62. The minimum absolute atomic E-state index is 0.237. The average Bonchev–Trinajstić information content (AvgIpc) is 2.78. The summed E-state index contributed by atoms with van der Waals surface area (Å²) in [5.74, 6) is 0.949. The van der Waals surface area contributed by atoms with Crippen molar-refractivity contribution in [1.82, 2.24) is 19.3 Å². The summed E-state index contributed by atoms with van der Waals surface area (Å²) in [6, 6.07) is 2.03. The molecule has 1 saturated heterocycles. The van der Waals surface area contributed by atoms with Crippen LogP contribution in [0.1, 0.15) is 30.4 Å². The summed E-state index contributed by atoms with van der Waals surface area (Å²) in [6.07, 6.45) is 2.53. The zero-order chi connectivity index (χ0) is 15.9. The van der Waals surface area contributed by atoms with Crippen LogP contribution in [0.2, 0.25) is 0 Å². The van der Waals surface area contributed by atoms with Gasteiger partial charge in [0.05, 0.1) is 22.9 Å². The summed E-state index contributed by atoms with van der Waals surface area (Å²) in [7, 11) is -2.94. The number of sulfone groups is 1. The van der Waals surface area contributed by atoms with E-state index in [1.165, 1.54) is 0 Å². The lowest BCUT2D eigenvalue weighted by atomic mass is 10.3. The van der Waals surface area contributed by atoms with Gasteiger partial charge in [-0.15, -0.1) is 0 Å². The van der Waals surface area contributed by atoms with Crippen molar-refractivity contribution in [2.45, 2.75) is 39.0 Å². The maximum atomic E-state index is 12.0. The van der Waals surface area contributed by atoms with Gasteiger partial charge in [0.2, 0.25) is 5.78 Å². The summed E-state index contributed by atoms with van der Waals surface area (Å²) in [5, 5.41) is -0.245. The van der Waals surface area contributed by atoms with Gasteiger partial charge in [-0.3, -0.25) is 9.30 Å².